The molecule has 2 saturated heterocycles. The molecule has 0 radical (unpaired) electrons. The van der Waals surface area contributed by atoms with Gasteiger partial charge in [-0.25, -0.2) is 8.78 Å². The summed E-state index contributed by atoms with van der Waals surface area (Å²) in [4.78, 5) is 16.6. The zero-order chi connectivity index (χ0) is 20.5. The Bertz CT molecular complexity index is 893. The lowest BCUT2D eigenvalue weighted by Gasteiger charge is -2.37. The highest BCUT2D eigenvalue weighted by molar-refractivity contribution is 6.30. The smallest absolute Gasteiger partial charge is 0.240 e. The quantitative estimate of drug-likeness (QED) is 0.809. The zero-order valence-electron chi connectivity index (χ0n) is 15.9. The molecule has 3 atom stereocenters. The van der Waals surface area contributed by atoms with E-state index in [1.807, 2.05) is 21.9 Å². The molecule has 0 saturated carbocycles. The highest BCUT2D eigenvalue weighted by atomic mass is 35.5. The molecule has 2 heterocycles. The number of benzene rings is 2. The summed E-state index contributed by atoms with van der Waals surface area (Å²) in [6.07, 6.45) is -0.00455. The van der Waals surface area contributed by atoms with Gasteiger partial charge in [0, 0.05) is 30.6 Å². The number of aromatic hydroxyl groups is 1. The number of amides is 1. The van der Waals surface area contributed by atoms with Gasteiger partial charge in [0.05, 0.1) is 6.04 Å². The van der Waals surface area contributed by atoms with E-state index in [2.05, 4.69) is 0 Å². The number of piperidine rings is 1. The number of carbonyl (C=O) groups excluding carboxylic acids is 1. The van der Waals surface area contributed by atoms with Gasteiger partial charge in [-0.1, -0.05) is 29.8 Å². The molecule has 2 aromatic rings. The summed E-state index contributed by atoms with van der Waals surface area (Å²) >= 11 is 5.91. The molecule has 3 unspecified atom stereocenters. The average molecular weight is 421 g/mol. The van der Waals surface area contributed by atoms with Crippen LogP contribution in [-0.2, 0) is 11.3 Å². The molecule has 2 fully saturated rings. The van der Waals surface area contributed by atoms with E-state index in [4.69, 9.17) is 11.6 Å². The van der Waals surface area contributed by atoms with Crippen LogP contribution < -0.4 is 0 Å². The van der Waals surface area contributed by atoms with Gasteiger partial charge in [0.2, 0.25) is 5.91 Å². The summed E-state index contributed by atoms with van der Waals surface area (Å²) in [6, 6.07) is 11.2. The van der Waals surface area contributed by atoms with Crippen molar-refractivity contribution in [2.75, 3.05) is 19.6 Å². The number of hydrogen-bond acceptors (Lipinski definition) is 3. The van der Waals surface area contributed by atoms with Gasteiger partial charge in [-0.05, 0) is 54.8 Å². The van der Waals surface area contributed by atoms with Gasteiger partial charge < -0.3 is 10.0 Å². The summed E-state index contributed by atoms with van der Waals surface area (Å²) < 4.78 is 28.6. The molecule has 0 aliphatic carbocycles. The lowest BCUT2D eigenvalue weighted by atomic mass is 9.87. The maximum absolute atomic E-state index is 14.9. The molecule has 7 heteroatoms. The second-order valence-corrected chi connectivity index (χ2v) is 8.24. The van der Waals surface area contributed by atoms with Crippen LogP contribution in [0.15, 0.2) is 42.5 Å². The van der Waals surface area contributed by atoms with Gasteiger partial charge in [-0.3, -0.25) is 9.69 Å². The minimum atomic E-state index is -1.19. The molecule has 2 aliphatic heterocycles. The van der Waals surface area contributed by atoms with Crippen molar-refractivity contribution in [3.63, 3.8) is 0 Å². The summed E-state index contributed by atoms with van der Waals surface area (Å²) in [7, 11) is 0. The standard InChI is InChI=1S/C22H23ClF2N2O2/c23-16-4-1-14(2-5-16)12-27-10-8-20(22(27)29)26-9-7-17(19(25)13-26)15-3-6-21(28)18(24)11-15/h1-6,11,17,19-20,28H,7-10,12-13H2. The molecular weight excluding hydrogens is 398 g/mol. The first-order valence-electron chi connectivity index (χ1n) is 9.82. The predicted octanol–water partition coefficient (Wildman–Crippen LogP) is 4.11. The first kappa shape index (κ1) is 20.1. The molecule has 0 bridgehead atoms. The number of phenolic OH excluding ortho intramolecular Hbond substituents is 1. The second-order valence-electron chi connectivity index (χ2n) is 7.81. The van der Waals surface area contributed by atoms with Crippen LogP contribution in [0.3, 0.4) is 0 Å². The lowest BCUT2D eigenvalue weighted by molar-refractivity contribution is -0.133. The number of hydrogen-bond donors (Lipinski definition) is 1. The Balaban J connectivity index is 1.38. The maximum Gasteiger partial charge on any atom is 0.240 e. The molecule has 29 heavy (non-hydrogen) atoms. The number of halogens is 3. The van der Waals surface area contributed by atoms with Crippen LogP contribution in [0.5, 0.6) is 5.75 Å². The topological polar surface area (TPSA) is 43.8 Å². The maximum atomic E-state index is 14.9. The number of carbonyl (C=O) groups is 1. The Morgan fingerprint density at radius 3 is 2.55 bits per heavy atom. The average Bonchev–Trinajstić information content (AvgIpc) is 3.06. The summed E-state index contributed by atoms with van der Waals surface area (Å²) in [5, 5.41) is 10.00. The molecule has 154 valence electrons. The Kier molecular flexibility index (Phi) is 5.74. The van der Waals surface area contributed by atoms with Crippen LogP contribution in [0.4, 0.5) is 8.78 Å². The van der Waals surface area contributed by atoms with Gasteiger partial charge in [-0.2, -0.15) is 0 Å². The van der Waals surface area contributed by atoms with E-state index in [9.17, 15) is 18.7 Å². The van der Waals surface area contributed by atoms with Gasteiger partial charge in [0.1, 0.15) is 6.17 Å². The van der Waals surface area contributed by atoms with Gasteiger partial charge in [-0.15, -0.1) is 0 Å². The van der Waals surface area contributed by atoms with E-state index in [0.717, 1.165) is 5.56 Å². The van der Waals surface area contributed by atoms with Crippen LogP contribution in [0.1, 0.15) is 29.9 Å². The van der Waals surface area contributed by atoms with Crippen LogP contribution >= 0.6 is 11.6 Å². The molecule has 1 amide bonds. The number of phenols is 1. The van der Waals surface area contributed by atoms with Crippen molar-refractivity contribution in [1.29, 1.82) is 0 Å². The lowest BCUT2D eigenvalue weighted by Crippen LogP contribution is -2.49. The fraction of sp³-hybridized carbons (Fsp3) is 0.409. The second kappa shape index (κ2) is 8.28. The van der Waals surface area contributed by atoms with E-state index in [1.54, 1.807) is 18.2 Å². The third-order valence-corrected chi connectivity index (χ3v) is 6.22. The number of likely N-dealkylation sites (tertiary alicyclic amines) is 2. The first-order chi connectivity index (χ1) is 13.9. The predicted molar refractivity (Wildman–Crippen MR) is 107 cm³/mol. The molecule has 0 spiro atoms. The normalized spacial score (nSPS) is 25.6. The minimum Gasteiger partial charge on any atom is -0.505 e. The van der Waals surface area contributed by atoms with E-state index in [0.29, 0.717) is 43.1 Å². The Morgan fingerprint density at radius 1 is 1.10 bits per heavy atom. The van der Waals surface area contributed by atoms with Crippen LogP contribution in [0, 0.1) is 5.82 Å². The number of alkyl halides is 1. The van der Waals surface area contributed by atoms with Crippen molar-refractivity contribution < 1.29 is 18.7 Å². The molecule has 4 rings (SSSR count). The molecule has 2 aromatic carbocycles. The number of nitrogens with zero attached hydrogens (tertiary/aromatic N) is 2. The number of rotatable bonds is 4. The Morgan fingerprint density at radius 2 is 1.86 bits per heavy atom. The van der Waals surface area contributed by atoms with Crippen molar-refractivity contribution in [3.8, 4) is 5.75 Å². The van der Waals surface area contributed by atoms with E-state index in [-0.39, 0.29) is 18.5 Å². The summed E-state index contributed by atoms with van der Waals surface area (Å²) in [5.74, 6) is -1.57. The van der Waals surface area contributed by atoms with E-state index >= 15 is 0 Å². The third kappa shape index (κ3) is 4.23. The van der Waals surface area contributed by atoms with Gasteiger partial charge in [0.25, 0.3) is 0 Å². The zero-order valence-corrected chi connectivity index (χ0v) is 16.7. The van der Waals surface area contributed by atoms with Crippen molar-refractivity contribution in [2.45, 2.75) is 37.5 Å². The van der Waals surface area contributed by atoms with Crippen LogP contribution in [-0.4, -0.2) is 52.7 Å². The van der Waals surface area contributed by atoms with Crippen molar-refractivity contribution in [3.05, 3.63) is 64.4 Å². The van der Waals surface area contributed by atoms with E-state index in [1.165, 1.54) is 12.1 Å². The van der Waals surface area contributed by atoms with Gasteiger partial charge >= 0.3 is 0 Å². The largest absolute Gasteiger partial charge is 0.505 e. The van der Waals surface area contributed by atoms with Gasteiger partial charge in [0.15, 0.2) is 11.6 Å². The SMILES string of the molecule is O=C1C(N2CCC(c3ccc(O)c(F)c3)C(F)C2)CCN1Cc1ccc(Cl)cc1. The Labute approximate surface area is 173 Å². The molecular formula is C22H23ClF2N2O2. The molecule has 4 nitrogen and oxygen atoms in total. The van der Waals surface area contributed by atoms with Crippen LogP contribution in [0.25, 0.3) is 0 Å². The molecule has 2 aliphatic rings. The van der Waals surface area contributed by atoms with Crippen LogP contribution in [0.2, 0.25) is 5.02 Å². The first-order valence-corrected chi connectivity index (χ1v) is 10.2. The summed E-state index contributed by atoms with van der Waals surface area (Å²) in [6.45, 7) is 1.90. The van der Waals surface area contributed by atoms with Crippen molar-refractivity contribution >= 4 is 17.5 Å². The highest BCUT2D eigenvalue weighted by Gasteiger charge is 2.40. The molecule has 0 aromatic heterocycles. The minimum absolute atomic E-state index is 0.0290. The van der Waals surface area contributed by atoms with Crippen molar-refractivity contribution in [2.24, 2.45) is 0 Å². The van der Waals surface area contributed by atoms with E-state index < -0.39 is 23.7 Å². The highest BCUT2D eigenvalue weighted by Crippen LogP contribution is 2.34. The monoisotopic (exact) mass is 420 g/mol. The van der Waals surface area contributed by atoms with Crippen molar-refractivity contribution in [1.82, 2.24) is 9.80 Å². The Hall–Kier alpha value is -2.18. The third-order valence-electron chi connectivity index (χ3n) is 5.97. The fourth-order valence-corrected chi connectivity index (χ4v) is 4.50. The fourth-order valence-electron chi connectivity index (χ4n) is 4.37. The summed E-state index contributed by atoms with van der Waals surface area (Å²) in [5.41, 5.74) is 1.56. The molecule has 1 N–H and O–H groups in total.